The third-order valence-electron chi connectivity index (χ3n) is 9.70. The molecule has 2 aromatic carbocycles. The molecule has 0 aliphatic carbocycles. The Morgan fingerprint density at radius 2 is 1.88 bits per heavy atom. The van der Waals surface area contributed by atoms with E-state index in [2.05, 4.69) is 41.0 Å². The normalized spacial score (nSPS) is 20.5. The fraction of sp³-hybridized carbons (Fsp3) is 0.485. The number of aryl methyl sites for hydroxylation is 1. The maximum absolute atomic E-state index is 16.7. The molecule has 3 aliphatic heterocycles. The van der Waals surface area contributed by atoms with Crippen molar-refractivity contribution in [3.63, 3.8) is 0 Å². The number of ether oxygens (including phenoxy) is 1. The van der Waals surface area contributed by atoms with Crippen LogP contribution in [0.2, 0.25) is 0 Å². The van der Waals surface area contributed by atoms with Gasteiger partial charge in [-0.3, -0.25) is 15.0 Å². The van der Waals surface area contributed by atoms with Gasteiger partial charge in [0.25, 0.3) is 0 Å². The van der Waals surface area contributed by atoms with Gasteiger partial charge in [0, 0.05) is 30.6 Å². The Kier molecular flexibility index (Phi) is 7.67. The summed E-state index contributed by atoms with van der Waals surface area (Å²) in [5.41, 5.74) is 2.60. The SMILES string of the molecule is CCc1cccc2cccc(-c3ncc4c(N5CCCC(CSN)C5)nc(OCC56CCCN5CCC6)nc4c3F)c12. The summed E-state index contributed by atoms with van der Waals surface area (Å²) >= 11 is 1.39. The molecule has 2 N–H and O–H groups in total. The first kappa shape index (κ1) is 27.8. The lowest BCUT2D eigenvalue weighted by Crippen LogP contribution is -2.43. The zero-order valence-electron chi connectivity index (χ0n) is 24.3. The van der Waals surface area contributed by atoms with Gasteiger partial charge < -0.3 is 9.64 Å². The summed E-state index contributed by atoms with van der Waals surface area (Å²) in [5, 5.41) is 8.59. The highest BCUT2D eigenvalue weighted by Gasteiger charge is 2.45. The van der Waals surface area contributed by atoms with Crippen LogP contribution in [0.5, 0.6) is 6.01 Å². The quantitative estimate of drug-likeness (QED) is 0.238. The van der Waals surface area contributed by atoms with E-state index in [9.17, 15) is 0 Å². The van der Waals surface area contributed by atoms with Gasteiger partial charge in [-0.15, -0.1) is 0 Å². The molecule has 0 spiro atoms. The van der Waals surface area contributed by atoms with Gasteiger partial charge in [0.15, 0.2) is 5.82 Å². The topological polar surface area (TPSA) is 80.4 Å². The minimum atomic E-state index is -0.424. The van der Waals surface area contributed by atoms with E-state index < -0.39 is 5.82 Å². The van der Waals surface area contributed by atoms with E-state index in [-0.39, 0.29) is 17.1 Å². The lowest BCUT2D eigenvalue weighted by atomic mass is 9.95. The standard InChI is InChI=1S/C33H39FN6OS/c1-2-23-9-3-10-24-11-4-12-25(27(23)24)29-28(34)30-26(18-36-29)31(39-15-5-8-22(19-39)20-42-35)38-32(37-30)41-21-33-13-6-16-40(33)17-7-14-33/h3-4,9-12,18,22H,2,5-8,13-17,19-21,35H2,1H3. The molecule has 220 valence electrons. The van der Waals surface area contributed by atoms with Crippen LogP contribution in [-0.2, 0) is 6.42 Å². The average Bonchev–Trinajstić information content (AvgIpc) is 3.61. The molecular formula is C33H39FN6OS. The van der Waals surface area contributed by atoms with Crippen molar-refractivity contribution in [2.75, 3.05) is 43.4 Å². The highest BCUT2D eigenvalue weighted by atomic mass is 32.2. The van der Waals surface area contributed by atoms with Crippen molar-refractivity contribution in [2.45, 2.75) is 57.4 Å². The van der Waals surface area contributed by atoms with E-state index in [1.54, 1.807) is 6.20 Å². The Balaban J connectivity index is 1.34. The second-order valence-electron chi connectivity index (χ2n) is 12.2. The van der Waals surface area contributed by atoms with Crippen LogP contribution in [0.25, 0.3) is 32.9 Å². The second kappa shape index (κ2) is 11.6. The highest BCUT2D eigenvalue weighted by molar-refractivity contribution is 7.97. The van der Waals surface area contributed by atoms with Gasteiger partial charge in [-0.2, -0.15) is 9.97 Å². The molecule has 0 bridgehead atoms. The zero-order valence-corrected chi connectivity index (χ0v) is 25.1. The van der Waals surface area contributed by atoms with Crippen LogP contribution in [0.15, 0.2) is 42.6 Å². The van der Waals surface area contributed by atoms with Crippen molar-refractivity contribution in [3.8, 4) is 17.3 Å². The number of rotatable bonds is 8. The lowest BCUT2D eigenvalue weighted by molar-refractivity contribution is 0.108. The maximum Gasteiger partial charge on any atom is 0.319 e. The molecule has 3 aliphatic rings. The van der Waals surface area contributed by atoms with Crippen LogP contribution >= 0.6 is 11.9 Å². The Labute approximate surface area is 251 Å². The fourth-order valence-electron chi connectivity index (χ4n) is 7.62. The first-order chi connectivity index (χ1) is 20.6. The van der Waals surface area contributed by atoms with E-state index in [1.807, 2.05) is 12.1 Å². The van der Waals surface area contributed by atoms with Crippen LogP contribution in [0.1, 0.15) is 51.0 Å². The number of fused-ring (bicyclic) bond motifs is 3. The Hall–Kier alpha value is -3.01. The number of aromatic nitrogens is 3. The van der Waals surface area contributed by atoms with Gasteiger partial charge in [0.2, 0.25) is 0 Å². The van der Waals surface area contributed by atoms with Gasteiger partial charge in [-0.05, 0) is 80.3 Å². The van der Waals surface area contributed by atoms with Crippen molar-refractivity contribution in [1.82, 2.24) is 19.9 Å². The molecule has 2 aromatic heterocycles. The number of anilines is 1. The molecule has 0 saturated carbocycles. The number of halogens is 1. The van der Waals surface area contributed by atoms with Gasteiger partial charge >= 0.3 is 6.01 Å². The van der Waals surface area contributed by atoms with Crippen molar-refractivity contribution < 1.29 is 9.13 Å². The molecule has 42 heavy (non-hydrogen) atoms. The first-order valence-electron chi connectivity index (χ1n) is 15.4. The predicted molar refractivity (Wildman–Crippen MR) is 169 cm³/mol. The number of benzene rings is 2. The average molecular weight is 587 g/mol. The maximum atomic E-state index is 16.7. The smallest absolute Gasteiger partial charge is 0.319 e. The molecule has 5 heterocycles. The number of hydrogen-bond donors (Lipinski definition) is 1. The van der Waals surface area contributed by atoms with Crippen molar-refractivity contribution >= 4 is 39.4 Å². The van der Waals surface area contributed by atoms with Crippen LogP contribution in [0, 0.1) is 11.7 Å². The number of piperidine rings is 1. The molecule has 7 rings (SSSR count). The summed E-state index contributed by atoms with van der Waals surface area (Å²) in [4.78, 5) is 19.2. The summed E-state index contributed by atoms with van der Waals surface area (Å²) in [5.74, 6) is 1.62. The third-order valence-corrected chi connectivity index (χ3v) is 10.4. The molecule has 3 fully saturated rings. The summed E-state index contributed by atoms with van der Waals surface area (Å²) in [7, 11) is 0. The van der Waals surface area contributed by atoms with Gasteiger partial charge in [-0.1, -0.05) is 55.3 Å². The monoisotopic (exact) mass is 586 g/mol. The molecule has 0 radical (unpaired) electrons. The van der Waals surface area contributed by atoms with E-state index in [1.165, 1.54) is 30.4 Å². The third kappa shape index (κ3) is 4.89. The lowest BCUT2D eigenvalue weighted by Gasteiger charge is -2.34. The Morgan fingerprint density at radius 1 is 1.07 bits per heavy atom. The summed E-state index contributed by atoms with van der Waals surface area (Å²) in [6.45, 7) is 6.57. The number of pyridine rings is 1. The molecule has 7 nitrogen and oxygen atoms in total. The molecule has 0 amide bonds. The minimum Gasteiger partial charge on any atom is -0.461 e. The van der Waals surface area contributed by atoms with E-state index >= 15 is 4.39 Å². The first-order valence-corrected chi connectivity index (χ1v) is 16.5. The molecule has 9 heteroatoms. The fourth-order valence-corrected chi connectivity index (χ4v) is 8.16. The van der Waals surface area contributed by atoms with E-state index in [0.29, 0.717) is 29.4 Å². The second-order valence-corrected chi connectivity index (χ2v) is 12.8. The van der Waals surface area contributed by atoms with Gasteiger partial charge in [0.05, 0.1) is 10.9 Å². The van der Waals surface area contributed by atoms with E-state index in [0.717, 1.165) is 80.4 Å². The van der Waals surface area contributed by atoms with Crippen molar-refractivity contribution in [1.29, 1.82) is 0 Å². The highest BCUT2D eigenvalue weighted by Crippen LogP contribution is 2.40. The van der Waals surface area contributed by atoms with Gasteiger partial charge in [-0.25, -0.2) is 4.39 Å². The molecular weight excluding hydrogens is 547 g/mol. The molecule has 4 aromatic rings. The molecule has 3 saturated heterocycles. The molecule has 1 unspecified atom stereocenters. The van der Waals surface area contributed by atoms with E-state index in [4.69, 9.17) is 24.8 Å². The summed E-state index contributed by atoms with van der Waals surface area (Å²) in [6.07, 6.45) is 9.41. The summed E-state index contributed by atoms with van der Waals surface area (Å²) in [6, 6.07) is 12.5. The van der Waals surface area contributed by atoms with Crippen LogP contribution in [-0.4, -0.2) is 63.9 Å². The van der Waals surface area contributed by atoms with Gasteiger partial charge in [0.1, 0.15) is 23.6 Å². The minimum absolute atomic E-state index is 0.0501. The van der Waals surface area contributed by atoms with Crippen LogP contribution < -0.4 is 14.8 Å². The van der Waals surface area contributed by atoms with Crippen molar-refractivity contribution in [3.05, 3.63) is 54.0 Å². The van der Waals surface area contributed by atoms with Crippen molar-refractivity contribution in [2.24, 2.45) is 11.1 Å². The largest absolute Gasteiger partial charge is 0.461 e. The Morgan fingerprint density at radius 3 is 2.67 bits per heavy atom. The number of nitrogens with two attached hydrogens (primary N) is 1. The summed E-state index contributed by atoms with van der Waals surface area (Å²) < 4.78 is 23.2. The predicted octanol–water partition coefficient (Wildman–Crippen LogP) is 6.38. The van der Waals surface area contributed by atoms with Crippen LogP contribution in [0.3, 0.4) is 0 Å². The van der Waals surface area contributed by atoms with Crippen LogP contribution in [0.4, 0.5) is 10.2 Å². The number of nitrogens with zero attached hydrogens (tertiary/aromatic N) is 5. The number of hydrogen-bond acceptors (Lipinski definition) is 8. The zero-order chi connectivity index (χ0) is 28.7. The Bertz CT molecular complexity index is 1600. The molecule has 1 atom stereocenters.